The van der Waals surface area contributed by atoms with Gasteiger partial charge in [0.05, 0.1) is 6.61 Å². The van der Waals surface area contributed by atoms with Crippen molar-refractivity contribution in [3.63, 3.8) is 0 Å². The largest absolute Gasteiger partial charge is 0.480 e. The second-order valence-electron chi connectivity index (χ2n) is 12.2. The van der Waals surface area contributed by atoms with Crippen LogP contribution in [-0.2, 0) is 23.8 Å². The molecular formula is C26H48F2N2O8. The van der Waals surface area contributed by atoms with Crippen molar-refractivity contribution in [3.8, 4) is 0 Å². The first kappa shape index (κ1) is 37.5. The minimum Gasteiger partial charge on any atom is -0.480 e. The molecule has 0 aromatic rings. The number of rotatable bonds is 9. The van der Waals surface area contributed by atoms with Gasteiger partial charge in [0, 0.05) is 26.9 Å². The van der Waals surface area contributed by atoms with E-state index in [0.717, 1.165) is 9.80 Å². The van der Waals surface area contributed by atoms with Gasteiger partial charge in [0.2, 0.25) is 0 Å². The van der Waals surface area contributed by atoms with Crippen molar-refractivity contribution < 1.29 is 47.3 Å². The minimum atomic E-state index is -1.68. The second kappa shape index (κ2) is 14.5. The summed E-state index contributed by atoms with van der Waals surface area (Å²) >= 11 is 0. The monoisotopic (exact) mass is 554 g/mol. The van der Waals surface area contributed by atoms with Gasteiger partial charge in [-0.15, -0.1) is 0 Å². The number of ether oxygens (including phenoxy) is 3. The number of nitrogens with zero attached hydrogens (tertiary/aromatic N) is 2. The van der Waals surface area contributed by atoms with Crippen LogP contribution in [-0.4, -0.2) is 94.4 Å². The molecule has 224 valence electrons. The number of aliphatic carboxylic acids is 1. The zero-order valence-electron chi connectivity index (χ0n) is 25.2. The van der Waals surface area contributed by atoms with Crippen molar-refractivity contribution >= 4 is 24.1 Å². The van der Waals surface area contributed by atoms with E-state index in [1.54, 1.807) is 48.5 Å². The molecule has 0 saturated carbocycles. The van der Waals surface area contributed by atoms with Crippen LogP contribution in [0.25, 0.3) is 0 Å². The molecule has 0 aromatic carbocycles. The molecule has 0 aliphatic heterocycles. The fourth-order valence-electron chi connectivity index (χ4n) is 2.85. The third kappa shape index (κ3) is 17.7. The first-order chi connectivity index (χ1) is 16.7. The lowest BCUT2D eigenvalue weighted by Crippen LogP contribution is -2.47. The van der Waals surface area contributed by atoms with E-state index in [2.05, 4.69) is 0 Å². The molecule has 2 amide bonds. The zero-order valence-corrected chi connectivity index (χ0v) is 25.2. The summed E-state index contributed by atoms with van der Waals surface area (Å²) in [6.45, 7) is 17.2. The van der Waals surface area contributed by atoms with Crippen LogP contribution in [0.15, 0.2) is 0 Å². The lowest BCUT2D eigenvalue weighted by atomic mass is 10.00. The Balaban J connectivity index is 0. The molecule has 0 spiro atoms. The van der Waals surface area contributed by atoms with Crippen LogP contribution in [0.5, 0.6) is 0 Å². The highest BCUT2D eigenvalue weighted by Gasteiger charge is 2.36. The summed E-state index contributed by atoms with van der Waals surface area (Å²) < 4.78 is 42.5. The molecule has 0 rings (SSSR count). The van der Waals surface area contributed by atoms with Crippen LogP contribution in [0.3, 0.4) is 0 Å². The van der Waals surface area contributed by atoms with Crippen molar-refractivity contribution in [2.24, 2.45) is 0 Å². The summed E-state index contributed by atoms with van der Waals surface area (Å²) in [6, 6.07) is -2.26. The van der Waals surface area contributed by atoms with Gasteiger partial charge in [-0.1, -0.05) is 0 Å². The van der Waals surface area contributed by atoms with E-state index >= 15 is 0 Å². The van der Waals surface area contributed by atoms with Gasteiger partial charge in [-0.3, -0.25) is 9.80 Å². The molecule has 0 fully saturated rings. The number of carbonyl (C=O) groups is 4. The van der Waals surface area contributed by atoms with Gasteiger partial charge in [0.1, 0.15) is 34.6 Å². The number of alkyl halides is 2. The Kier molecular flexibility index (Phi) is 14.3. The Morgan fingerprint density at radius 1 is 0.711 bits per heavy atom. The van der Waals surface area contributed by atoms with Crippen LogP contribution in [0.2, 0.25) is 0 Å². The van der Waals surface area contributed by atoms with Gasteiger partial charge < -0.3 is 19.3 Å². The maximum atomic E-state index is 13.8. The molecule has 2 unspecified atom stereocenters. The Morgan fingerprint density at radius 2 is 1.03 bits per heavy atom. The predicted molar refractivity (Wildman–Crippen MR) is 139 cm³/mol. The summed E-state index contributed by atoms with van der Waals surface area (Å²) in [4.78, 5) is 48.6. The van der Waals surface area contributed by atoms with Crippen molar-refractivity contribution in [1.29, 1.82) is 0 Å². The molecule has 0 aromatic heterocycles. The fraction of sp³-hybridized carbons (Fsp3) is 0.846. The van der Waals surface area contributed by atoms with Crippen molar-refractivity contribution in [2.75, 3.05) is 20.7 Å². The molecule has 0 aliphatic rings. The number of carboxylic acid groups (broad SMARTS) is 1. The second-order valence-corrected chi connectivity index (χ2v) is 12.2. The van der Waals surface area contributed by atoms with Crippen LogP contribution in [0.4, 0.5) is 18.4 Å². The van der Waals surface area contributed by atoms with E-state index in [1.165, 1.54) is 41.8 Å². The average molecular weight is 555 g/mol. The molecule has 10 nitrogen and oxygen atoms in total. The van der Waals surface area contributed by atoms with Gasteiger partial charge in [-0.2, -0.15) is 0 Å². The molecule has 0 radical (unpaired) electrons. The van der Waals surface area contributed by atoms with Crippen molar-refractivity contribution in [3.05, 3.63) is 0 Å². The quantitative estimate of drug-likeness (QED) is 0.298. The summed E-state index contributed by atoms with van der Waals surface area (Å²) in [5.41, 5.74) is -4.69. The molecule has 12 heteroatoms. The van der Waals surface area contributed by atoms with Crippen molar-refractivity contribution in [2.45, 2.75) is 124 Å². The Hall–Kier alpha value is -2.66. The number of hydrogen-bond donors (Lipinski definition) is 1. The highest BCUT2D eigenvalue weighted by molar-refractivity contribution is 5.81. The van der Waals surface area contributed by atoms with E-state index in [0.29, 0.717) is 0 Å². The van der Waals surface area contributed by atoms with E-state index in [1.807, 2.05) is 0 Å². The number of esters is 1. The Morgan fingerprint density at radius 3 is 1.29 bits per heavy atom. The van der Waals surface area contributed by atoms with Gasteiger partial charge in [0.15, 0.2) is 0 Å². The van der Waals surface area contributed by atoms with Gasteiger partial charge in [-0.05, 0) is 76.2 Å². The predicted octanol–water partition coefficient (Wildman–Crippen LogP) is 5.37. The SMILES string of the molecule is CCOC(=O)C(CC(C)(C)F)N(C)C(=O)OC(C)(C)C.CN(C(=O)OC(C)(C)C)C(CC(C)(C)F)C(=O)O. The number of amides is 2. The van der Waals surface area contributed by atoms with E-state index < -0.39 is 58.7 Å². The molecular weight excluding hydrogens is 506 g/mol. The van der Waals surface area contributed by atoms with Gasteiger partial charge in [-0.25, -0.2) is 28.0 Å². The van der Waals surface area contributed by atoms with Crippen LogP contribution < -0.4 is 0 Å². The lowest BCUT2D eigenvalue weighted by Gasteiger charge is -2.31. The third-order valence-electron chi connectivity index (χ3n) is 4.50. The molecule has 0 heterocycles. The molecule has 0 saturated heterocycles. The Bertz CT molecular complexity index is 793. The standard InChI is InChI=1S/C14H26FNO4.C12H22FNO4/c1-8-19-11(17)10(9-14(5,6)15)16(7)12(18)20-13(2,3)4;1-11(2,3)18-10(17)14(6)8(9(15)16)7-12(4,5)13/h10H,8-9H2,1-7H3;8H,7H2,1-6H3,(H,15,16). The van der Waals surface area contributed by atoms with Crippen molar-refractivity contribution in [1.82, 2.24) is 9.80 Å². The maximum absolute atomic E-state index is 13.8. The minimum absolute atomic E-state index is 0.151. The van der Waals surface area contributed by atoms with Crippen LogP contribution >= 0.6 is 0 Å². The first-order valence-electron chi connectivity index (χ1n) is 12.4. The van der Waals surface area contributed by atoms with Gasteiger partial charge >= 0.3 is 24.1 Å². The van der Waals surface area contributed by atoms with Crippen LogP contribution in [0, 0.1) is 0 Å². The van der Waals surface area contributed by atoms with Crippen LogP contribution in [0.1, 0.15) is 89.0 Å². The summed E-state index contributed by atoms with van der Waals surface area (Å²) in [5, 5.41) is 9.04. The molecule has 38 heavy (non-hydrogen) atoms. The first-order valence-corrected chi connectivity index (χ1v) is 12.4. The Labute approximate surface area is 226 Å². The summed E-state index contributed by atoms with van der Waals surface area (Å²) in [5.74, 6) is -1.89. The zero-order chi connectivity index (χ0) is 30.9. The van der Waals surface area contributed by atoms with E-state index in [9.17, 15) is 28.0 Å². The topological polar surface area (TPSA) is 123 Å². The number of likely N-dealkylation sites (N-methyl/N-ethyl adjacent to an activating group) is 2. The fourth-order valence-corrected chi connectivity index (χ4v) is 2.85. The van der Waals surface area contributed by atoms with E-state index in [-0.39, 0.29) is 19.4 Å². The number of carbonyl (C=O) groups excluding carboxylic acids is 3. The number of hydrogen-bond acceptors (Lipinski definition) is 7. The highest BCUT2D eigenvalue weighted by Crippen LogP contribution is 2.22. The molecule has 0 bridgehead atoms. The highest BCUT2D eigenvalue weighted by atomic mass is 19.1. The molecule has 2 atom stereocenters. The maximum Gasteiger partial charge on any atom is 0.410 e. The number of carboxylic acids is 1. The molecule has 1 N–H and O–H groups in total. The molecule has 0 aliphatic carbocycles. The van der Waals surface area contributed by atoms with E-state index in [4.69, 9.17) is 19.3 Å². The lowest BCUT2D eigenvalue weighted by molar-refractivity contribution is -0.150. The third-order valence-corrected chi connectivity index (χ3v) is 4.50. The average Bonchev–Trinajstić information content (AvgIpc) is 2.65. The van der Waals surface area contributed by atoms with Gasteiger partial charge in [0.25, 0.3) is 0 Å². The summed E-state index contributed by atoms with van der Waals surface area (Å²) in [7, 11) is 2.69. The normalized spacial score (nSPS) is 13.8. The summed E-state index contributed by atoms with van der Waals surface area (Å²) in [6.07, 6.45) is -1.90. The smallest absolute Gasteiger partial charge is 0.410 e. The number of halogens is 2.